The van der Waals surface area contributed by atoms with Crippen LogP contribution in [0.3, 0.4) is 0 Å². The van der Waals surface area contributed by atoms with Crippen molar-refractivity contribution in [2.24, 2.45) is 0 Å². The van der Waals surface area contributed by atoms with Crippen LogP contribution < -0.4 is 4.74 Å². The first-order valence-corrected chi connectivity index (χ1v) is 6.19. The quantitative estimate of drug-likeness (QED) is 0.847. The molecule has 1 heterocycles. The summed E-state index contributed by atoms with van der Waals surface area (Å²) in [6.45, 7) is 3.52. The maximum atomic E-state index is 13.4. The number of nitrogens with zero attached hydrogens (tertiary/aromatic N) is 3. The van der Waals surface area contributed by atoms with E-state index in [1.54, 1.807) is 19.9 Å². The highest BCUT2D eigenvalue weighted by atomic mass is 79.9. The highest BCUT2D eigenvalue weighted by molar-refractivity contribution is 9.10. The number of ether oxygens (including phenoxy) is 1. The molecule has 0 saturated carbocycles. The van der Waals surface area contributed by atoms with Crippen molar-refractivity contribution in [3.63, 3.8) is 0 Å². The molecule has 4 nitrogen and oxygen atoms in total. The van der Waals surface area contributed by atoms with Gasteiger partial charge in [0, 0.05) is 6.07 Å². The van der Waals surface area contributed by atoms with Gasteiger partial charge < -0.3 is 4.74 Å². The van der Waals surface area contributed by atoms with Crippen LogP contribution in [-0.2, 0) is 0 Å². The van der Waals surface area contributed by atoms with Crippen LogP contribution in [0.2, 0.25) is 0 Å². The Hall–Kier alpha value is -2.00. The molecule has 0 aliphatic heterocycles. The van der Waals surface area contributed by atoms with E-state index in [0.717, 1.165) is 0 Å². The van der Waals surface area contributed by atoms with Crippen LogP contribution in [0.5, 0.6) is 11.6 Å². The molecule has 0 aliphatic rings. The molecule has 1 aromatic carbocycles. The first kappa shape index (κ1) is 13.4. The van der Waals surface area contributed by atoms with Crippen LogP contribution in [0.1, 0.15) is 16.8 Å². The van der Waals surface area contributed by atoms with Gasteiger partial charge in [-0.3, -0.25) is 0 Å². The van der Waals surface area contributed by atoms with Crippen molar-refractivity contribution in [2.45, 2.75) is 13.8 Å². The fraction of sp³-hybridized carbons (Fsp3) is 0.154. The van der Waals surface area contributed by atoms with Crippen molar-refractivity contribution < 1.29 is 9.13 Å². The zero-order valence-electron chi connectivity index (χ0n) is 10.2. The summed E-state index contributed by atoms with van der Waals surface area (Å²) in [5.74, 6) is -0.116. The minimum absolute atomic E-state index is 0.0762. The molecule has 2 aromatic rings. The van der Waals surface area contributed by atoms with Crippen LogP contribution in [0, 0.1) is 31.0 Å². The van der Waals surface area contributed by atoms with Gasteiger partial charge in [-0.1, -0.05) is 0 Å². The standard InChI is InChI=1S/C13H9BrFN3O/c1-7-8(2)17-18-13(10(7)6-16)19-9-3-4-11(14)12(15)5-9/h3-5H,1-2H3. The lowest BCUT2D eigenvalue weighted by molar-refractivity contribution is 0.447. The highest BCUT2D eigenvalue weighted by Crippen LogP contribution is 2.27. The van der Waals surface area contributed by atoms with Crippen LogP contribution in [0.25, 0.3) is 0 Å². The van der Waals surface area contributed by atoms with Crippen molar-refractivity contribution in [3.05, 3.63) is 45.3 Å². The Morgan fingerprint density at radius 2 is 2.05 bits per heavy atom. The molecule has 0 saturated heterocycles. The smallest absolute Gasteiger partial charge is 0.257 e. The molecule has 1 aromatic heterocycles. The number of aryl methyl sites for hydroxylation is 1. The van der Waals surface area contributed by atoms with Gasteiger partial charge in [-0.05, 0) is 47.5 Å². The topological polar surface area (TPSA) is 58.8 Å². The predicted molar refractivity (Wildman–Crippen MR) is 70.4 cm³/mol. The van der Waals surface area contributed by atoms with Crippen molar-refractivity contribution in [1.82, 2.24) is 10.2 Å². The number of aromatic nitrogens is 2. The van der Waals surface area contributed by atoms with E-state index in [1.165, 1.54) is 12.1 Å². The second kappa shape index (κ2) is 5.33. The summed E-state index contributed by atoms with van der Waals surface area (Å²) < 4.78 is 19.1. The fourth-order valence-electron chi connectivity index (χ4n) is 1.44. The third-order valence-electron chi connectivity index (χ3n) is 2.64. The molecule has 0 amide bonds. The maximum absolute atomic E-state index is 13.4. The Labute approximate surface area is 118 Å². The summed E-state index contributed by atoms with van der Waals surface area (Å²) in [5, 5.41) is 16.8. The molecule has 0 unspecified atom stereocenters. The van der Waals surface area contributed by atoms with E-state index in [0.29, 0.717) is 21.3 Å². The van der Waals surface area contributed by atoms with Gasteiger partial charge in [0.05, 0.1) is 10.2 Å². The monoisotopic (exact) mass is 321 g/mol. The minimum Gasteiger partial charge on any atom is -0.436 e. The van der Waals surface area contributed by atoms with Crippen molar-refractivity contribution in [3.8, 4) is 17.7 Å². The summed E-state index contributed by atoms with van der Waals surface area (Å²) >= 11 is 3.05. The van der Waals surface area contributed by atoms with Gasteiger partial charge in [0.25, 0.3) is 5.88 Å². The SMILES string of the molecule is Cc1nnc(Oc2ccc(Br)c(F)c2)c(C#N)c1C. The molecular formula is C13H9BrFN3O. The molecule has 2 rings (SSSR count). The summed E-state index contributed by atoms with van der Waals surface area (Å²) in [5.41, 5.74) is 1.66. The second-order valence-corrected chi connectivity index (χ2v) is 4.73. The summed E-state index contributed by atoms with van der Waals surface area (Å²) in [7, 11) is 0. The molecule has 0 atom stereocenters. The number of hydrogen-bond acceptors (Lipinski definition) is 4. The number of hydrogen-bond donors (Lipinski definition) is 0. The molecular weight excluding hydrogens is 313 g/mol. The first-order valence-electron chi connectivity index (χ1n) is 5.40. The van der Waals surface area contributed by atoms with E-state index in [2.05, 4.69) is 26.1 Å². The number of rotatable bonds is 2. The molecule has 19 heavy (non-hydrogen) atoms. The van der Waals surface area contributed by atoms with Gasteiger partial charge in [0.15, 0.2) is 0 Å². The summed E-state index contributed by atoms with van der Waals surface area (Å²) in [6.07, 6.45) is 0. The van der Waals surface area contributed by atoms with Gasteiger partial charge in [0.1, 0.15) is 23.2 Å². The minimum atomic E-state index is -0.451. The number of benzene rings is 1. The third kappa shape index (κ3) is 2.71. The second-order valence-electron chi connectivity index (χ2n) is 3.88. The molecule has 6 heteroatoms. The third-order valence-corrected chi connectivity index (χ3v) is 3.28. The van der Waals surface area contributed by atoms with Gasteiger partial charge in [-0.2, -0.15) is 10.4 Å². The molecule has 0 bridgehead atoms. The lowest BCUT2D eigenvalue weighted by Gasteiger charge is -2.08. The molecule has 0 N–H and O–H groups in total. The number of nitriles is 1. The Kier molecular flexibility index (Phi) is 3.76. The fourth-order valence-corrected chi connectivity index (χ4v) is 1.69. The van der Waals surface area contributed by atoms with Gasteiger partial charge in [-0.25, -0.2) is 4.39 Å². The zero-order valence-corrected chi connectivity index (χ0v) is 11.8. The van der Waals surface area contributed by atoms with E-state index in [-0.39, 0.29) is 11.6 Å². The lowest BCUT2D eigenvalue weighted by Crippen LogP contribution is -2.00. The van der Waals surface area contributed by atoms with E-state index < -0.39 is 5.82 Å². The van der Waals surface area contributed by atoms with E-state index in [4.69, 9.17) is 10.00 Å². The van der Waals surface area contributed by atoms with Crippen molar-refractivity contribution in [2.75, 3.05) is 0 Å². The van der Waals surface area contributed by atoms with Crippen molar-refractivity contribution in [1.29, 1.82) is 5.26 Å². The zero-order chi connectivity index (χ0) is 14.0. The normalized spacial score (nSPS) is 10.1. The Morgan fingerprint density at radius 1 is 1.32 bits per heavy atom. The summed E-state index contributed by atoms with van der Waals surface area (Å²) in [4.78, 5) is 0. The van der Waals surface area contributed by atoms with Gasteiger partial charge in [-0.15, -0.1) is 5.10 Å². The molecule has 0 aliphatic carbocycles. The van der Waals surface area contributed by atoms with Crippen LogP contribution >= 0.6 is 15.9 Å². The van der Waals surface area contributed by atoms with Crippen LogP contribution in [0.4, 0.5) is 4.39 Å². The number of halogens is 2. The Bertz CT molecular complexity index is 682. The highest BCUT2D eigenvalue weighted by Gasteiger charge is 2.13. The predicted octanol–water partition coefficient (Wildman–Crippen LogP) is 3.66. The van der Waals surface area contributed by atoms with Crippen molar-refractivity contribution >= 4 is 15.9 Å². The van der Waals surface area contributed by atoms with E-state index >= 15 is 0 Å². The largest absolute Gasteiger partial charge is 0.436 e. The Balaban J connectivity index is 2.41. The Morgan fingerprint density at radius 3 is 2.68 bits per heavy atom. The van der Waals surface area contributed by atoms with Gasteiger partial charge in [0.2, 0.25) is 0 Å². The van der Waals surface area contributed by atoms with Crippen LogP contribution in [0.15, 0.2) is 22.7 Å². The van der Waals surface area contributed by atoms with E-state index in [1.807, 2.05) is 6.07 Å². The molecule has 0 radical (unpaired) electrons. The maximum Gasteiger partial charge on any atom is 0.257 e. The van der Waals surface area contributed by atoms with Gasteiger partial charge >= 0.3 is 0 Å². The molecule has 96 valence electrons. The molecule has 0 fully saturated rings. The molecule has 0 spiro atoms. The average molecular weight is 322 g/mol. The lowest BCUT2D eigenvalue weighted by atomic mass is 10.1. The van der Waals surface area contributed by atoms with Crippen LogP contribution in [-0.4, -0.2) is 10.2 Å². The average Bonchev–Trinajstić information content (AvgIpc) is 2.39. The van der Waals surface area contributed by atoms with E-state index in [9.17, 15) is 4.39 Å². The summed E-state index contributed by atoms with van der Waals surface area (Å²) in [6, 6.07) is 6.32. The first-order chi connectivity index (χ1) is 9.02.